The summed E-state index contributed by atoms with van der Waals surface area (Å²) in [6, 6.07) is 18.9. The molecular weight excluding hydrogens is 382 g/mol. The monoisotopic (exact) mass is 399 g/mol. The van der Waals surface area contributed by atoms with E-state index in [1.54, 1.807) is 36.4 Å². The van der Waals surface area contributed by atoms with Crippen LogP contribution in [0.2, 0.25) is 5.02 Å². The molecule has 0 spiro atoms. The average Bonchev–Trinajstić information content (AvgIpc) is 2.63. The smallest absolute Gasteiger partial charge is 0.255 e. The second-order valence-corrected chi connectivity index (χ2v) is 8.73. The molecule has 0 fully saturated rings. The van der Waals surface area contributed by atoms with E-state index in [-0.39, 0.29) is 5.91 Å². The molecule has 27 heavy (non-hydrogen) atoms. The molecule has 1 atom stereocenters. The molecule has 0 heterocycles. The molecule has 0 aliphatic carbocycles. The Morgan fingerprint density at radius 3 is 2.19 bits per heavy atom. The Morgan fingerprint density at radius 1 is 1.00 bits per heavy atom. The van der Waals surface area contributed by atoms with Crippen LogP contribution in [-0.2, 0) is 9.73 Å². The van der Waals surface area contributed by atoms with Crippen LogP contribution in [0.3, 0.4) is 0 Å². The van der Waals surface area contributed by atoms with Crippen molar-refractivity contribution in [1.29, 1.82) is 4.78 Å². The Hall–Kier alpha value is -2.83. The zero-order chi connectivity index (χ0) is 19.6. The number of halogens is 1. The van der Waals surface area contributed by atoms with Crippen molar-refractivity contribution in [3.8, 4) is 11.1 Å². The first-order valence-electron chi connectivity index (χ1n) is 8.05. The van der Waals surface area contributed by atoms with E-state index in [9.17, 15) is 9.00 Å². The highest BCUT2D eigenvalue weighted by Crippen LogP contribution is 2.28. The van der Waals surface area contributed by atoms with Crippen LogP contribution in [0.4, 0.5) is 11.4 Å². The van der Waals surface area contributed by atoms with E-state index in [0.29, 0.717) is 26.9 Å². The molecule has 0 bridgehead atoms. The number of rotatable bonds is 4. The Balaban J connectivity index is 1.85. The third-order valence-corrected chi connectivity index (χ3v) is 5.47. The normalized spacial score (nSPS) is 13.0. The number of carbonyl (C=O) groups excluding carboxylic acids is 1. The van der Waals surface area contributed by atoms with Crippen molar-refractivity contribution in [3.63, 3.8) is 0 Å². The van der Waals surface area contributed by atoms with Gasteiger partial charge in [-0.05, 0) is 59.7 Å². The van der Waals surface area contributed by atoms with E-state index in [1.165, 1.54) is 18.4 Å². The zero-order valence-electron chi connectivity index (χ0n) is 14.5. The Kier molecular flexibility index (Phi) is 5.21. The zero-order valence-corrected chi connectivity index (χ0v) is 16.1. The van der Waals surface area contributed by atoms with Crippen molar-refractivity contribution in [3.05, 3.63) is 77.3 Å². The summed E-state index contributed by atoms with van der Waals surface area (Å²) in [4.78, 5) is 12.9. The van der Waals surface area contributed by atoms with Crippen molar-refractivity contribution in [1.82, 2.24) is 0 Å². The van der Waals surface area contributed by atoms with Gasteiger partial charge in [-0.25, -0.2) is 8.99 Å². The standard InChI is InChI=1S/C20H18ClN3O2S/c1-27(23,26)17-9-4-14(5-10-17)20(25)24-19-12-15(6-11-18(19)22)13-2-7-16(21)8-3-13/h2-12,23H,22H2,1H3,(H,24,25). The van der Waals surface area contributed by atoms with Crippen molar-refractivity contribution in [2.45, 2.75) is 4.90 Å². The maximum atomic E-state index is 12.5. The molecule has 3 aromatic rings. The van der Waals surface area contributed by atoms with Crippen LogP contribution >= 0.6 is 11.6 Å². The van der Waals surface area contributed by atoms with E-state index < -0.39 is 9.73 Å². The molecule has 1 amide bonds. The molecule has 0 aromatic heterocycles. The lowest BCUT2D eigenvalue weighted by atomic mass is 10.0. The van der Waals surface area contributed by atoms with Crippen LogP contribution < -0.4 is 11.1 Å². The predicted octanol–water partition coefficient (Wildman–Crippen LogP) is 4.88. The lowest BCUT2D eigenvalue weighted by Gasteiger charge is -2.11. The summed E-state index contributed by atoms with van der Waals surface area (Å²) >= 11 is 5.92. The minimum Gasteiger partial charge on any atom is -0.397 e. The Labute approximate surface area is 163 Å². The summed E-state index contributed by atoms with van der Waals surface area (Å²) in [6.45, 7) is 0. The minimum absolute atomic E-state index is 0.339. The molecule has 0 saturated heterocycles. The van der Waals surface area contributed by atoms with Gasteiger partial charge in [0.15, 0.2) is 0 Å². The number of anilines is 2. The number of hydrogen-bond acceptors (Lipinski definition) is 4. The van der Waals surface area contributed by atoms with Crippen LogP contribution in [0.15, 0.2) is 71.6 Å². The van der Waals surface area contributed by atoms with Crippen LogP contribution in [0.25, 0.3) is 11.1 Å². The maximum absolute atomic E-state index is 12.5. The van der Waals surface area contributed by atoms with Crippen LogP contribution in [0, 0.1) is 4.78 Å². The second-order valence-electron chi connectivity index (χ2n) is 6.13. The summed E-state index contributed by atoms with van der Waals surface area (Å²) in [5.41, 5.74) is 9.18. The fourth-order valence-corrected chi connectivity index (χ4v) is 3.33. The first kappa shape index (κ1) is 18.9. The molecule has 7 heteroatoms. The number of nitrogens with one attached hydrogen (secondary N) is 2. The highest BCUT2D eigenvalue weighted by atomic mass is 35.5. The van der Waals surface area contributed by atoms with Crippen molar-refractivity contribution >= 4 is 38.6 Å². The van der Waals surface area contributed by atoms with Gasteiger partial charge < -0.3 is 11.1 Å². The van der Waals surface area contributed by atoms with E-state index in [1.807, 2.05) is 18.2 Å². The van der Waals surface area contributed by atoms with Gasteiger partial charge in [-0.3, -0.25) is 4.79 Å². The van der Waals surface area contributed by atoms with Crippen LogP contribution in [0.1, 0.15) is 10.4 Å². The fourth-order valence-electron chi connectivity index (χ4n) is 2.55. The molecule has 3 aromatic carbocycles. The van der Waals surface area contributed by atoms with Gasteiger partial charge in [-0.1, -0.05) is 29.8 Å². The van der Waals surface area contributed by atoms with Gasteiger partial charge in [0, 0.05) is 21.7 Å². The predicted molar refractivity (Wildman–Crippen MR) is 111 cm³/mol. The SMILES string of the molecule is CS(=N)(=O)c1ccc(C(=O)Nc2cc(-c3ccc(Cl)cc3)ccc2N)cc1. The summed E-state index contributed by atoms with van der Waals surface area (Å²) in [5, 5.41) is 3.45. The number of nitrogens with two attached hydrogens (primary N) is 1. The topological polar surface area (TPSA) is 96.0 Å². The van der Waals surface area contributed by atoms with Gasteiger partial charge in [-0.15, -0.1) is 0 Å². The highest BCUT2D eigenvalue weighted by molar-refractivity contribution is 7.91. The van der Waals surface area contributed by atoms with Gasteiger partial charge in [0.2, 0.25) is 0 Å². The second kappa shape index (κ2) is 7.42. The Morgan fingerprint density at radius 2 is 1.59 bits per heavy atom. The molecule has 1 unspecified atom stereocenters. The maximum Gasteiger partial charge on any atom is 0.255 e. The summed E-state index contributed by atoms with van der Waals surface area (Å²) in [5.74, 6) is -0.339. The van der Waals surface area contributed by atoms with Gasteiger partial charge in [-0.2, -0.15) is 0 Å². The van der Waals surface area contributed by atoms with Gasteiger partial charge in [0.1, 0.15) is 0 Å². The van der Waals surface area contributed by atoms with E-state index in [2.05, 4.69) is 5.32 Å². The lowest BCUT2D eigenvalue weighted by molar-refractivity contribution is 0.102. The number of benzene rings is 3. The van der Waals surface area contributed by atoms with Crippen LogP contribution in [0.5, 0.6) is 0 Å². The molecule has 3 rings (SSSR count). The van der Waals surface area contributed by atoms with Crippen molar-refractivity contribution < 1.29 is 9.00 Å². The van der Waals surface area contributed by atoms with Gasteiger partial charge >= 0.3 is 0 Å². The first-order chi connectivity index (χ1) is 12.7. The number of carbonyl (C=O) groups is 1. The quantitative estimate of drug-likeness (QED) is 0.545. The lowest BCUT2D eigenvalue weighted by Crippen LogP contribution is -2.13. The summed E-state index contributed by atoms with van der Waals surface area (Å²) in [6.07, 6.45) is 1.34. The van der Waals surface area contributed by atoms with Gasteiger partial charge in [0.05, 0.1) is 21.1 Å². The molecule has 0 saturated carbocycles. The number of nitrogen functional groups attached to an aromatic ring is 1. The molecule has 5 nitrogen and oxygen atoms in total. The molecule has 138 valence electrons. The van der Waals surface area contributed by atoms with E-state index in [0.717, 1.165) is 11.1 Å². The first-order valence-corrected chi connectivity index (χ1v) is 10.4. The molecule has 0 radical (unpaired) electrons. The van der Waals surface area contributed by atoms with Gasteiger partial charge in [0.25, 0.3) is 5.91 Å². The van der Waals surface area contributed by atoms with E-state index in [4.69, 9.17) is 22.1 Å². The molecule has 4 N–H and O–H groups in total. The Bertz CT molecular complexity index is 1090. The number of hydrogen-bond donors (Lipinski definition) is 3. The van der Waals surface area contributed by atoms with E-state index >= 15 is 0 Å². The third kappa shape index (κ3) is 4.48. The highest BCUT2D eigenvalue weighted by Gasteiger charge is 2.11. The molecular formula is C20H18ClN3O2S. The average molecular weight is 400 g/mol. The van der Waals surface area contributed by atoms with Crippen LogP contribution in [-0.4, -0.2) is 16.4 Å². The largest absolute Gasteiger partial charge is 0.397 e. The molecule has 0 aliphatic heterocycles. The van der Waals surface area contributed by atoms with Crippen molar-refractivity contribution in [2.75, 3.05) is 17.3 Å². The number of amides is 1. The minimum atomic E-state index is -2.81. The fraction of sp³-hybridized carbons (Fsp3) is 0.0500. The molecule has 0 aliphatic rings. The van der Waals surface area contributed by atoms with Crippen molar-refractivity contribution in [2.24, 2.45) is 0 Å². The third-order valence-electron chi connectivity index (χ3n) is 4.05. The summed E-state index contributed by atoms with van der Waals surface area (Å²) in [7, 11) is -2.81. The summed E-state index contributed by atoms with van der Waals surface area (Å²) < 4.78 is 19.3.